The number of ether oxygens (including phenoxy) is 1. The zero-order valence-corrected chi connectivity index (χ0v) is 13.3. The maximum Gasteiger partial charge on any atom is 0.0807 e. The summed E-state index contributed by atoms with van der Waals surface area (Å²) in [4.78, 5) is 0. The fourth-order valence-corrected chi connectivity index (χ4v) is 2.64. The summed E-state index contributed by atoms with van der Waals surface area (Å²) in [7, 11) is 2.03. The van der Waals surface area contributed by atoms with E-state index in [1.54, 1.807) is 0 Å². The van der Waals surface area contributed by atoms with Crippen molar-refractivity contribution in [2.24, 2.45) is 0 Å². The van der Waals surface area contributed by atoms with Crippen molar-refractivity contribution in [3.05, 3.63) is 34.9 Å². The Kier molecular flexibility index (Phi) is 6.02. The van der Waals surface area contributed by atoms with Gasteiger partial charge in [-0.2, -0.15) is 0 Å². The second-order valence-corrected chi connectivity index (χ2v) is 5.57. The third kappa shape index (κ3) is 4.05. The Balaban J connectivity index is 2.95. The molecule has 0 aromatic heterocycles. The van der Waals surface area contributed by atoms with E-state index in [1.165, 1.54) is 16.7 Å². The average Bonchev–Trinajstić information content (AvgIpc) is 2.39. The topological polar surface area (TPSA) is 21.3 Å². The van der Waals surface area contributed by atoms with E-state index >= 15 is 0 Å². The van der Waals surface area contributed by atoms with Crippen molar-refractivity contribution in [1.82, 2.24) is 5.32 Å². The molecular weight excluding hydrogens is 234 g/mol. The Labute approximate surface area is 118 Å². The smallest absolute Gasteiger partial charge is 0.0807 e. The Morgan fingerprint density at radius 1 is 1.26 bits per heavy atom. The molecule has 0 aliphatic heterocycles. The normalized spacial score (nSPS) is 16.1. The summed E-state index contributed by atoms with van der Waals surface area (Å²) in [6.45, 7) is 11.6. The predicted molar refractivity (Wildman–Crippen MR) is 82.8 cm³/mol. The van der Waals surface area contributed by atoms with E-state index in [0.29, 0.717) is 6.04 Å². The van der Waals surface area contributed by atoms with E-state index in [2.05, 4.69) is 58.1 Å². The molecule has 1 N–H and O–H groups in total. The van der Waals surface area contributed by atoms with Crippen molar-refractivity contribution in [2.75, 3.05) is 13.7 Å². The summed E-state index contributed by atoms with van der Waals surface area (Å²) < 4.78 is 6.01. The van der Waals surface area contributed by atoms with E-state index in [0.717, 1.165) is 19.4 Å². The highest BCUT2D eigenvalue weighted by Crippen LogP contribution is 2.24. The molecule has 2 atom stereocenters. The van der Waals surface area contributed by atoms with Gasteiger partial charge in [-0.15, -0.1) is 0 Å². The van der Waals surface area contributed by atoms with Crippen LogP contribution < -0.4 is 5.32 Å². The molecule has 0 saturated heterocycles. The SMILES string of the molecule is CCOC(C)(CC)C(Cc1cc(C)ccc1C)NC. The van der Waals surface area contributed by atoms with Crippen LogP contribution in [-0.4, -0.2) is 25.3 Å². The van der Waals surface area contributed by atoms with Crippen LogP contribution in [0.5, 0.6) is 0 Å². The fraction of sp³-hybridized carbons (Fsp3) is 0.647. The van der Waals surface area contributed by atoms with Crippen molar-refractivity contribution in [2.45, 2.75) is 59.1 Å². The van der Waals surface area contributed by atoms with Crippen LogP contribution in [0.2, 0.25) is 0 Å². The predicted octanol–water partition coefficient (Wildman–Crippen LogP) is 3.64. The molecule has 1 aromatic rings. The largest absolute Gasteiger partial charge is 0.374 e. The number of likely N-dealkylation sites (N-methyl/N-ethyl adjacent to an activating group) is 1. The lowest BCUT2D eigenvalue weighted by Gasteiger charge is -2.37. The van der Waals surface area contributed by atoms with Gasteiger partial charge in [-0.25, -0.2) is 0 Å². The molecule has 2 unspecified atom stereocenters. The van der Waals surface area contributed by atoms with Crippen LogP contribution in [0.1, 0.15) is 43.9 Å². The van der Waals surface area contributed by atoms with Gasteiger partial charge in [-0.1, -0.05) is 30.7 Å². The van der Waals surface area contributed by atoms with Gasteiger partial charge < -0.3 is 10.1 Å². The Morgan fingerprint density at radius 2 is 1.95 bits per heavy atom. The summed E-state index contributed by atoms with van der Waals surface area (Å²) >= 11 is 0. The molecule has 1 aromatic carbocycles. The van der Waals surface area contributed by atoms with Crippen molar-refractivity contribution < 1.29 is 4.74 Å². The lowest BCUT2D eigenvalue weighted by atomic mass is 9.87. The molecule has 2 heteroatoms. The minimum Gasteiger partial charge on any atom is -0.374 e. The first kappa shape index (κ1) is 16.2. The van der Waals surface area contributed by atoms with Gasteiger partial charge in [0.1, 0.15) is 0 Å². The third-order valence-electron chi connectivity index (χ3n) is 4.19. The van der Waals surface area contributed by atoms with Gasteiger partial charge in [0.05, 0.1) is 5.60 Å². The maximum atomic E-state index is 6.01. The van der Waals surface area contributed by atoms with Gasteiger partial charge in [0.25, 0.3) is 0 Å². The van der Waals surface area contributed by atoms with Gasteiger partial charge in [0.2, 0.25) is 0 Å². The lowest BCUT2D eigenvalue weighted by molar-refractivity contribution is -0.0534. The molecule has 0 saturated carbocycles. The van der Waals surface area contributed by atoms with Crippen LogP contribution in [0.25, 0.3) is 0 Å². The number of benzene rings is 1. The van der Waals surface area contributed by atoms with Crippen LogP contribution in [0.3, 0.4) is 0 Å². The minimum atomic E-state index is -0.111. The molecular formula is C17H29NO. The standard InChI is InChI=1S/C17H29NO/c1-7-17(5,19-8-2)16(18-6)12-15-11-13(3)9-10-14(15)4/h9-11,16,18H,7-8,12H2,1-6H3. The van der Waals surface area contributed by atoms with E-state index in [-0.39, 0.29) is 5.60 Å². The molecule has 0 aliphatic carbocycles. The molecule has 0 spiro atoms. The van der Waals surface area contributed by atoms with Gasteiger partial charge >= 0.3 is 0 Å². The summed E-state index contributed by atoms with van der Waals surface area (Å²) in [6.07, 6.45) is 2.02. The van der Waals surface area contributed by atoms with E-state index in [9.17, 15) is 0 Å². The van der Waals surface area contributed by atoms with Crippen molar-refractivity contribution >= 4 is 0 Å². The van der Waals surface area contributed by atoms with E-state index < -0.39 is 0 Å². The fourth-order valence-electron chi connectivity index (χ4n) is 2.64. The van der Waals surface area contributed by atoms with Gasteiger partial charge in [0.15, 0.2) is 0 Å². The molecule has 2 nitrogen and oxygen atoms in total. The Morgan fingerprint density at radius 3 is 2.47 bits per heavy atom. The van der Waals surface area contributed by atoms with E-state index in [1.807, 2.05) is 7.05 Å². The molecule has 0 aliphatic rings. The molecule has 19 heavy (non-hydrogen) atoms. The molecule has 0 bridgehead atoms. The van der Waals surface area contributed by atoms with E-state index in [4.69, 9.17) is 4.74 Å². The molecule has 0 amide bonds. The molecule has 0 radical (unpaired) electrons. The first-order chi connectivity index (χ1) is 8.96. The minimum absolute atomic E-state index is 0.111. The van der Waals surface area contributed by atoms with Crippen molar-refractivity contribution in [1.29, 1.82) is 0 Å². The summed E-state index contributed by atoms with van der Waals surface area (Å²) in [6, 6.07) is 7.01. The molecule has 0 fully saturated rings. The van der Waals surface area contributed by atoms with Crippen LogP contribution in [0.15, 0.2) is 18.2 Å². The van der Waals surface area contributed by atoms with Gasteiger partial charge in [-0.05, 0) is 58.7 Å². The number of nitrogens with one attached hydrogen (secondary N) is 1. The second-order valence-electron chi connectivity index (χ2n) is 5.57. The summed E-state index contributed by atoms with van der Waals surface area (Å²) in [5.41, 5.74) is 3.99. The number of aryl methyl sites for hydroxylation is 2. The zero-order chi connectivity index (χ0) is 14.5. The highest BCUT2D eigenvalue weighted by atomic mass is 16.5. The van der Waals surface area contributed by atoms with Crippen molar-refractivity contribution in [3.8, 4) is 0 Å². The lowest BCUT2D eigenvalue weighted by Crippen LogP contribution is -2.50. The first-order valence-electron chi connectivity index (χ1n) is 7.34. The van der Waals surface area contributed by atoms with Gasteiger partial charge in [0, 0.05) is 12.6 Å². The molecule has 1 rings (SSSR count). The van der Waals surface area contributed by atoms with Crippen LogP contribution in [0.4, 0.5) is 0 Å². The highest BCUT2D eigenvalue weighted by Gasteiger charge is 2.32. The number of hydrogen-bond donors (Lipinski definition) is 1. The van der Waals surface area contributed by atoms with Gasteiger partial charge in [-0.3, -0.25) is 0 Å². The van der Waals surface area contributed by atoms with Crippen LogP contribution in [-0.2, 0) is 11.2 Å². The summed E-state index contributed by atoms with van der Waals surface area (Å²) in [5.74, 6) is 0. The van der Waals surface area contributed by atoms with Crippen molar-refractivity contribution in [3.63, 3.8) is 0 Å². The molecule has 0 heterocycles. The summed E-state index contributed by atoms with van der Waals surface area (Å²) in [5, 5.41) is 3.45. The number of rotatable bonds is 7. The Bertz CT molecular complexity index is 402. The zero-order valence-electron chi connectivity index (χ0n) is 13.3. The Hall–Kier alpha value is -0.860. The van der Waals surface area contributed by atoms with Crippen LogP contribution in [0, 0.1) is 13.8 Å². The first-order valence-corrected chi connectivity index (χ1v) is 7.34. The van der Waals surface area contributed by atoms with Crippen LogP contribution >= 0.6 is 0 Å². The maximum absolute atomic E-state index is 6.01. The third-order valence-corrected chi connectivity index (χ3v) is 4.19. The average molecular weight is 263 g/mol. The monoisotopic (exact) mass is 263 g/mol. The highest BCUT2D eigenvalue weighted by molar-refractivity contribution is 5.31. The second kappa shape index (κ2) is 7.06. The quantitative estimate of drug-likeness (QED) is 0.811. The number of hydrogen-bond acceptors (Lipinski definition) is 2. The molecule has 108 valence electrons.